The second-order valence-corrected chi connectivity index (χ2v) is 14.5. The molecule has 218 valence electrons. The number of imide groups is 1. The summed E-state index contributed by atoms with van der Waals surface area (Å²) < 4.78 is 10.3. The van der Waals surface area contributed by atoms with Crippen LogP contribution in [0.15, 0.2) is 65.3 Å². The number of methoxy groups -OCH3 is 1. The van der Waals surface area contributed by atoms with Crippen molar-refractivity contribution in [2.45, 2.75) is 33.2 Å². The van der Waals surface area contributed by atoms with Gasteiger partial charge in [0.1, 0.15) is 17.4 Å². The first kappa shape index (κ1) is 29.1. The molecule has 4 aromatic heterocycles. The van der Waals surface area contributed by atoms with Gasteiger partial charge in [-0.1, -0.05) is 0 Å². The molecule has 5 aromatic rings. The molecule has 0 saturated heterocycles. The third-order valence-corrected chi connectivity index (χ3v) is 11.2. The molecule has 0 radical (unpaired) electrons. The van der Waals surface area contributed by atoms with E-state index >= 15 is 0 Å². The Kier molecular flexibility index (Phi) is 7.39. The number of aromatic nitrogens is 1. The van der Waals surface area contributed by atoms with Gasteiger partial charge in [-0.3, -0.25) is 14.5 Å². The summed E-state index contributed by atoms with van der Waals surface area (Å²) in [5.74, 6) is -0.331. The number of fused-ring (bicyclic) bond motifs is 3. The highest BCUT2D eigenvalue weighted by Gasteiger charge is 2.35. The molecule has 6 rings (SSSR count). The molecule has 1 aromatic carbocycles. The largest absolute Gasteiger partial charge is 0.497 e. The predicted octanol–water partition coefficient (Wildman–Crippen LogP) is 7.66. The summed E-state index contributed by atoms with van der Waals surface area (Å²) in [6.45, 7) is 7.77. The number of aliphatic hydroxyl groups is 1. The zero-order valence-electron chi connectivity index (χ0n) is 24.3. The zero-order valence-corrected chi connectivity index (χ0v) is 26.8. The van der Waals surface area contributed by atoms with Crippen molar-refractivity contribution in [2.75, 3.05) is 20.3 Å². The Labute approximate surface area is 261 Å². The van der Waals surface area contributed by atoms with E-state index in [2.05, 4.69) is 49.6 Å². The van der Waals surface area contributed by atoms with Crippen LogP contribution in [0, 0.1) is 11.3 Å². The maximum Gasteiger partial charge on any atom is 0.271 e. The lowest BCUT2D eigenvalue weighted by Crippen LogP contribution is -2.44. The van der Waals surface area contributed by atoms with Crippen molar-refractivity contribution < 1.29 is 19.4 Å². The van der Waals surface area contributed by atoms with Crippen molar-refractivity contribution in [1.82, 2.24) is 9.47 Å². The van der Waals surface area contributed by atoms with E-state index in [-0.39, 0.29) is 24.3 Å². The first-order chi connectivity index (χ1) is 20.5. The molecule has 0 saturated carbocycles. The Bertz CT molecular complexity index is 2020. The van der Waals surface area contributed by atoms with E-state index in [4.69, 9.17) is 4.74 Å². The van der Waals surface area contributed by atoms with Gasteiger partial charge in [-0.2, -0.15) is 5.26 Å². The molecule has 1 aliphatic rings. The lowest BCUT2D eigenvalue weighted by atomic mass is 9.95. The molecule has 1 N–H and O–H groups in total. The predicted molar refractivity (Wildman–Crippen MR) is 176 cm³/mol. The van der Waals surface area contributed by atoms with E-state index in [9.17, 15) is 20.0 Å². The number of thiophene rings is 3. The van der Waals surface area contributed by atoms with Gasteiger partial charge in [0.05, 0.1) is 40.7 Å². The Balaban J connectivity index is 1.42. The summed E-state index contributed by atoms with van der Waals surface area (Å²) >= 11 is 5.12. The molecule has 0 bridgehead atoms. The number of β-amino-alcohol motifs (C(OH)–C–C–N with tert-alkyl or cyclic N) is 1. The third-order valence-electron chi connectivity index (χ3n) is 7.46. The van der Waals surface area contributed by atoms with Crippen LogP contribution in [0.5, 0.6) is 5.75 Å². The van der Waals surface area contributed by atoms with E-state index in [1.54, 1.807) is 54.1 Å². The smallest absolute Gasteiger partial charge is 0.271 e. The van der Waals surface area contributed by atoms with E-state index in [1.807, 2.05) is 30.3 Å². The van der Waals surface area contributed by atoms with Gasteiger partial charge < -0.3 is 14.4 Å². The van der Waals surface area contributed by atoms with Crippen LogP contribution in [0.4, 0.5) is 0 Å². The minimum absolute atomic E-state index is 0.0752. The van der Waals surface area contributed by atoms with E-state index in [0.717, 1.165) is 30.8 Å². The Morgan fingerprint density at radius 1 is 0.930 bits per heavy atom. The minimum Gasteiger partial charge on any atom is -0.497 e. The Morgan fingerprint density at radius 3 is 2.19 bits per heavy atom. The van der Waals surface area contributed by atoms with Crippen molar-refractivity contribution in [3.63, 3.8) is 0 Å². The van der Waals surface area contributed by atoms with Gasteiger partial charge in [0.2, 0.25) is 0 Å². The number of amides is 2. The highest BCUT2D eigenvalue weighted by atomic mass is 32.1. The molecule has 43 heavy (non-hydrogen) atoms. The Hall–Kier alpha value is -4.01. The van der Waals surface area contributed by atoms with Crippen LogP contribution in [-0.4, -0.2) is 46.6 Å². The maximum absolute atomic E-state index is 13.1. The number of hydrogen-bond donors (Lipinski definition) is 1. The number of nitriles is 1. The van der Waals surface area contributed by atoms with Gasteiger partial charge in [-0.05, 0) is 93.4 Å². The average Bonchev–Trinajstić information content (AvgIpc) is 3.75. The number of ether oxygens (including phenoxy) is 1. The standard InChI is InChI=1S/C33H29N3O4S3/c1-18-22(31(38)35(12-13-37)32(39)23(18)17-34)14-21-10-11-26(41-21)28-16-25-30(43-28)29-24(36(25)33(2,3)4)15-27(42-29)19-6-8-20(40-5)9-7-19/h6-11,14-16,37H,12-13H2,1-5H3/b22-14-. The molecule has 0 unspecified atom stereocenters. The molecule has 0 atom stereocenters. The van der Waals surface area contributed by atoms with Crippen molar-refractivity contribution in [2.24, 2.45) is 0 Å². The van der Waals surface area contributed by atoms with Gasteiger partial charge in [0.25, 0.3) is 11.8 Å². The maximum atomic E-state index is 13.1. The third kappa shape index (κ3) is 4.92. The van der Waals surface area contributed by atoms with Crippen LogP contribution in [-0.2, 0) is 15.1 Å². The van der Waals surface area contributed by atoms with E-state index in [1.165, 1.54) is 25.3 Å². The summed E-state index contributed by atoms with van der Waals surface area (Å²) in [6, 6.07) is 18.6. The summed E-state index contributed by atoms with van der Waals surface area (Å²) in [5, 5.41) is 18.9. The fourth-order valence-electron chi connectivity index (χ4n) is 5.43. The van der Waals surface area contributed by atoms with E-state index in [0.29, 0.717) is 11.1 Å². The van der Waals surface area contributed by atoms with Gasteiger partial charge in [0, 0.05) is 30.6 Å². The number of benzene rings is 1. The monoisotopic (exact) mass is 627 g/mol. The zero-order chi connectivity index (χ0) is 30.6. The first-order valence-corrected chi connectivity index (χ1v) is 16.1. The Morgan fingerprint density at radius 2 is 1.58 bits per heavy atom. The van der Waals surface area contributed by atoms with Crippen LogP contribution in [0.3, 0.4) is 0 Å². The van der Waals surface area contributed by atoms with Crippen LogP contribution in [0.1, 0.15) is 32.6 Å². The molecular weight excluding hydrogens is 599 g/mol. The van der Waals surface area contributed by atoms with Gasteiger partial charge in [-0.25, -0.2) is 0 Å². The van der Waals surface area contributed by atoms with Gasteiger partial charge >= 0.3 is 0 Å². The number of nitrogens with zero attached hydrogens (tertiary/aromatic N) is 3. The van der Waals surface area contributed by atoms with Gasteiger partial charge in [0.15, 0.2) is 0 Å². The van der Waals surface area contributed by atoms with Crippen molar-refractivity contribution in [1.29, 1.82) is 5.26 Å². The van der Waals surface area contributed by atoms with Crippen LogP contribution < -0.4 is 4.74 Å². The van der Waals surface area contributed by atoms with Crippen LogP contribution in [0.25, 0.3) is 46.7 Å². The summed E-state index contributed by atoms with van der Waals surface area (Å²) in [4.78, 5) is 30.9. The van der Waals surface area contributed by atoms with Crippen molar-refractivity contribution in [3.8, 4) is 32.0 Å². The molecule has 2 amide bonds. The molecule has 10 heteroatoms. The molecule has 0 spiro atoms. The number of hydrogen-bond acceptors (Lipinski definition) is 8. The summed E-state index contributed by atoms with van der Waals surface area (Å²) in [5.41, 5.74) is 4.01. The number of carbonyl (C=O) groups excluding carboxylic acids is 2. The highest BCUT2D eigenvalue weighted by Crippen LogP contribution is 2.48. The molecular formula is C33H29N3O4S3. The van der Waals surface area contributed by atoms with E-state index < -0.39 is 11.8 Å². The quantitative estimate of drug-likeness (QED) is 0.154. The highest BCUT2D eigenvalue weighted by molar-refractivity contribution is 7.31. The topological polar surface area (TPSA) is 95.6 Å². The normalized spacial score (nSPS) is 15.4. The first-order valence-electron chi connectivity index (χ1n) is 13.7. The summed E-state index contributed by atoms with van der Waals surface area (Å²) in [7, 11) is 1.67. The SMILES string of the molecule is COc1ccc(-c2cc3c(s2)c2sc(-c4ccc(/C=C5\C(=O)N(CCO)C(=O)C(C#N)=C5C)s4)cc2n3C(C)(C)C)cc1. The lowest BCUT2D eigenvalue weighted by Gasteiger charge is -2.26. The molecule has 0 aliphatic carbocycles. The molecule has 5 heterocycles. The molecule has 7 nitrogen and oxygen atoms in total. The molecule has 1 aliphatic heterocycles. The number of aliphatic hydroxyl groups excluding tert-OH is 1. The average molecular weight is 628 g/mol. The number of rotatable bonds is 6. The fraction of sp³-hybridized carbons (Fsp3) is 0.242. The second-order valence-electron chi connectivity index (χ2n) is 11.2. The second kappa shape index (κ2) is 10.9. The number of carbonyl (C=O) groups is 2. The van der Waals surface area contributed by atoms with Gasteiger partial charge in [-0.15, -0.1) is 34.0 Å². The minimum atomic E-state index is -0.664. The van der Waals surface area contributed by atoms with Crippen molar-refractivity contribution in [3.05, 3.63) is 70.1 Å². The van der Waals surface area contributed by atoms with Crippen LogP contribution >= 0.6 is 34.0 Å². The summed E-state index contributed by atoms with van der Waals surface area (Å²) in [6.07, 6.45) is 1.74. The fourth-order valence-corrected chi connectivity index (χ4v) is 8.90. The lowest BCUT2D eigenvalue weighted by molar-refractivity contribution is -0.140. The van der Waals surface area contributed by atoms with Crippen molar-refractivity contribution >= 4 is 72.3 Å². The van der Waals surface area contributed by atoms with Crippen LogP contribution in [0.2, 0.25) is 0 Å². The molecule has 0 fully saturated rings.